The molecule has 0 aliphatic rings. The van der Waals surface area contributed by atoms with Crippen LogP contribution in [0.1, 0.15) is 41.7 Å². The van der Waals surface area contributed by atoms with E-state index in [4.69, 9.17) is 14.2 Å². The lowest BCUT2D eigenvalue weighted by molar-refractivity contribution is 0.00574. The van der Waals surface area contributed by atoms with Gasteiger partial charge in [-0.25, -0.2) is 19.6 Å². The Morgan fingerprint density at radius 3 is 1.43 bits per heavy atom. The zero-order chi connectivity index (χ0) is 38.8. The molecule has 6 rings (SSSR count). The van der Waals surface area contributed by atoms with E-state index in [0.29, 0.717) is 30.2 Å². The van der Waals surface area contributed by atoms with Crippen LogP contribution < -0.4 is 9.47 Å². The van der Waals surface area contributed by atoms with E-state index in [9.17, 15) is 14.7 Å². The third-order valence-electron chi connectivity index (χ3n) is 6.77. The molecule has 0 saturated heterocycles. The number of nitrogens with zero attached hydrogens (tertiary/aromatic N) is 8. The van der Waals surface area contributed by atoms with E-state index >= 15 is 0 Å². The molecule has 0 spiro atoms. The van der Waals surface area contributed by atoms with E-state index in [1.54, 1.807) is 48.1 Å². The zero-order valence-electron chi connectivity index (χ0n) is 30.3. The number of benzene rings is 2. The maximum Gasteiger partial charge on any atom is 0.358 e. The van der Waals surface area contributed by atoms with Crippen LogP contribution in [-0.2, 0) is 18.8 Å². The number of aryl methyl sites for hydroxylation is 2. The van der Waals surface area contributed by atoms with Crippen LogP contribution in [0.2, 0.25) is 0 Å². The molecule has 4 aromatic heterocycles. The van der Waals surface area contributed by atoms with Crippen LogP contribution in [0.3, 0.4) is 0 Å². The van der Waals surface area contributed by atoms with Gasteiger partial charge in [-0.3, -0.25) is 0 Å². The largest absolute Gasteiger partial charge is 0.497 e. The van der Waals surface area contributed by atoms with Crippen molar-refractivity contribution in [2.24, 2.45) is 14.1 Å². The Labute approximate surface area is 328 Å². The molecule has 4 heterocycles. The number of carboxylic acid groups (broad SMARTS) is 1. The van der Waals surface area contributed by atoms with Gasteiger partial charge in [0.05, 0.1) is 14.2 Å². The van der Waals surface area contributed by atoms with Gasteiger partial charge in [-0.1, -0.05) is 23.5 Å². The Hall–Kier alpha value is -5.04. The van der Waals surface area contributed by atoms with Gasteiger partial charge in [-0.2, -0.15) is 0 Å². The normalized spacial score (nSPS) is 11.0. The quantitative estimate of drug-likeness (QED) is 0.119. The number of hydrogen-bond acceptors (Lipinski definition) is 15. The maximum atomic E-state index is 12.8. The lowest BCUT2D eigenvalue weighted by Gasteiger charge is -2.20. The van der Waals surface area contributed by atoms with Crippen molar-refractivity contribution in [2.75, 3.05) is 14.2 Å². The second kappa shape index (κ2) is 18.3. The average Bonchev–Trinajstić information content (AvgIpc) is 3.75. The molecule has 0 saturated carbocycles. The van der Waals surface area contributed by atoms with E-state index in [0.717, 1.165) is 21.3 Å². The van der Waals surface area contributed by atoms with E-state index in [-0.39, 0.29) is 11.4 Å². The monoisotopic (exact) mass is 804 g/mol. The first-order valence-corrected chi connectivity index (χ1v) is 19.2. The number of esters is 1. The number of rotatable bonds is 12. The predicted molar refractivity (Wildman–Crippen MR) is 205 cm³/mol. The first-order valence-electron chi connectivity index (χ1n) is 16.0. The summed E-state index contributed by atoms with van der Waals surface area (Å²) in [5.41, 5.74) is -0.339. The lowest BCUT2D eigenvalue weighted by Crippen LogP contribution is -2.25. The molecule has 0 radical (unpaired) electrons. The van der Waals surface area contributed by atoms with Crippen LogP contribution in [0, 0.1) is 0 Å². The van der Waals surface area contributed by atoms with Crippen molar-refractivity contribution >= 4 is 59.0 Å². The van der Waals surface area contributed by atoms with Gasteiger partial charge in [0.2, 0.25) is 0 Å². The molecule has 1 N–H and O–H groups in total. The molecule has 6 aromatic rings. The SMILES string of the molecule is COc1ccc(Sc2ccc(Sc3nncn3C)nc2C(=O)O)cc1.COc1ccc(Sc2ccc(Sc3nncn3C)nc2C(=O)OC(C)(C)C)cc1. The van der Waals surface area contributed by atoms with Crippen molar-refractivity contribution in [2.45, 2.75) is 66.3 Å². The highest BCUT2D eigenvalue weighted by Gasteiger charge is 2.23. The fraction of sp³-hybridized carbons (Fsp3) is 0.222. The topological polar surface area (TPSA) is 169 Å². The van der Waals surface area contributed by atoms with Crippen molar-refractivity contribution < 1.29 is 28.9 Å². The van der Waals surface area contributed by atoms with Crippen molar-refractivity contribution in [1.29, 1.82) is 0 Å². The highest BCUT2D eigenvalue weighted by molar-refractivity contribution is 8.00. The summed E-state index contributed by atoms with van der Waals surface area (Å²) in [5, 5.41) is 27.7. The van der Waals surface area contributed by atoms with Crippen LogP contribution in [0.15, 0.2) is 125 Å². The molecule has 0 aliphatic carbocycles. The molecule has 2 aromatic carbocycles. The number of aromatic nitrogens is 8. The smallest absolute Gasteiger partial charge is 0.358 e. The van der Waals surface area contributed by atoms with Crippen molar-refractivity contribution in [3.05, 3.63) is 96.8 Å². The van der Waals surface area contributed by atoms with Crippen molar-refractivity contribution in [1.82, 2.24) is 39.5 Å². The Morgan fingerprint density at radius 1 is 0.630 bits per heavy atom. The van der Waals surface area contributed by atoms with Crippen LogP contribution in [-0.4, -0.2) is 76.4 Å². The number of aromatic carboxylic acids is 1. The third-order valence-corrected chi connectivity index (χ3v) is 10.9. The van der Waals surface area contributed by atoms with Gasteiger partial charge >= 0.3 is 11.9 Å². The molecular weight excluding hydrogens is 769 g/mol. The Kier molecular flexibility index (Phi) is 13.6. The van der Waals surface area contributed by atoms with Gasteiger partial charge in [0.15, 0.2) is 21.7 Å². The summed E-state index contributed by atoms with van der Waals surface area (Å²) in [6.07, 6.45) is 3.19. The fourth-order valence-electron chi connectivity index (χ4n) is 4.22. The van der Waals surface area contributed by atoms with Crippen LogP contribution in [0.25, 0.3) is 0 Å². The van der Waals surface area contributed by atoms with E-state index in [1.807, 2.05) is 95.5 Å². The molecule has 0 amide bonds. The van der Waals surface area contributed by atoms with Crippen LogP contribution in [0.5, 0.6) is 11.5 Å². The number of methoxy groups -OCH3 is 2. The van der Waals surface area contributed by atoms with Gasteiger partial charge in [0.25, 0.3) is 0 Å². The Morgan fingerprint density at radius 2 is 1.06 bits per heavy atom. The molecule has 0 unspecified atom stereocenters. The molecule has 14 nitrogen and oxygen atoms in total. The summed E-state index contributed by atoms with van der Waals surface area (Å²) in [7, 11) is 6.89. The molecule has 18 heteroatoms. The third kappa shape index (κ3) is 11.2. The van der Waals surface area contributed by atoms with Crippen molar-refractivity contribution in [3.8, 4) is 11.5 Å². The number of carbonyl (C=O) groups excluding carboxylic acids is 1. The minimum atomic E-state index is -1.07. The number of carbonyl (C=O) groups is 2. The average molecular weight is 805 g/mol. The predicted octanol–water partition coefficient (Wildman–Crippen LogP) is 7.70. The van der Waals surface area contributed by atoms with Gasteiger partial charge < -0.3 is 28.5 Å². The number of carboxylic acids is 1. The molecule has 54 heavy (non-hydrogen) atoms. The zero-order valence-corrected chi connectivity index (χ0v) is 33.5. The van der Waals surface area contributed by atoms with Crippen LogP contribution in [0.4, 0.5) is 0 Å². The van der Waals surface area contributed by atoms with E-state index in [1.165, 1.54) is 47.0 Å². The first kappa shape index (κ1) is 40.2. The minimum Gasteiger partial charge on any atom is -0.497 e. The minimum absolute atomic E-state index is 0.00739. The number of hydrogen-bond donors (Lipinski definition) is 1. The first-order chi connectivity index (χ1) is 25.8. The molecule has 0 aliphatic heterocycles. The molecule has 280 valence electrons. The Balaban J connectivity index is 0.000000210. The Bertz CT molecular complexity index is 2210. The van der Waals surface area contributed by atoms with Gasteiger partial charge in [0.1, 0.15) is 39.8 Å². The van der Waals surface area contributed by atoms with Crippen molar-refractivity contribution in [3.63, 3.8) is 0 Å². The molecule has 0 atom stereocenters. The second-order valence-electron chi connectivity index (χ2n) is 12.0. The van der Waals surface area contributed by atoms with Gasteiger partial charge in [-0.15, -0.1) is 20.4 Å². The summed E-state index contributed by atoms with van der Waals surface area (Å²) in [5.74, 6) is -0.0167. The standard InChI is InChI=1S/C20H22N4O3S2.C16H14N4O3S2/c1-20(2,3)27-18(25)17-15(28-14-8-6-13(26-5)7-9-14)10-11-16(22-17)29-19-23-21-12-24(19)4;1-20-9-17-19-16(20)25-13-8-7-12(14(18-13)15(21)22)24-11-5-3-10(23-2)4-6-11/h6-12H,1-5H3;3-9H,1-2H3,(H,21,22). The molecule has 0 bridgehead atoms. The summed E-state index contributed by atoms with van der Waals surface area (Å²) < 4.78 is 19.4. The van der Waals surface area contributed by atoms with Crippen LogP contribution >= 0.6 is 47.0 Å². The lowest BCUT2D eigenvalue weighted by atomic mass is 10.2. The number of pyridine rings is 2. The summed E-state index contributed by atoms with van der Waals surface area (Å²) >= 11 is 5.38. The number of ether oxygens (including phenoxy) is 3. The fourth-order valence-corrected chi connectivity index (χ4v) is 7.48. The summed E-state index contributed by atoms with van der Waals surface area (Å²) in [6, 6.07) is 22.3. The molecular formula is C36H36N8O6S4. The summed E-state index contributed by atoms with van der Waals surface area (Å²) in [4.78, 5) is 36.4. The summed E-state index contributed by atoms with van der Waals surface area (Å²) in [6.45, 7) is 5.50. The highest BCUT2D eigenvalue weighted by Crippen LogP contribution is 2.35. The second-order valence-corrected chi connectivity index (χ2v) is 16.2. The van der Waals surface area contributed by atoms with Gasteiger partial charge in [-0.05, 0) is 117 Å². The highest BCUT2D eigenvalue weighted by atomic mass is 32.2. The van der Waals surface area contributed by atoms with E-state index in [2.05, 4.69) is 30.4 Å². The van der Waals surface area contributed by atoms with Gasteiger partial charge in [0, 0.05) is 33.7 Å². The maximum absolute atomic E-state index is 12.8. The van der Waals surface area contributed by atoms with E-state index < -0.39 is 17.5 Å². The molecule has 0 fully saturated rings.